The number of methoxy groups -OCH3 is 2. The van der Waals surface area contributed by atoms with Crippen LogP contribution in [0, 0.1) is 0 Å². The van der Waals surface area contributed by atoms with Crippen molar-refractivity contribution in [3.05, 3.63) is 59.7 Å². The van der Waals surface area contributed by atoms with Gasteiger partial charge in [0.05, 0.1) is 13.2 Å². The van der Waals surface area contributed by atoms with Gasteiger partial charge in [0.25, 0.3) is 0 Å². The number of carboxylic acid groups (broad SMARTS) is 1. The fourth-order valence-corrected chi connectivity index (χ4v) is 4.74. The van der Waals surface area contributed by atoms with Crippen molar-refractivity contribution in [3.8, 4) is 11.1 Å². The van der Waals surface area contributed by atoms with Gasteiger partial charge in [0.2, 0.25) is 5.91 Å². The standard InChI is InChI=1S/C25H28N2O7/c1-32-14-21(22(28)27-12-11-25(15-27,33-2)23(29)30)26-24(31)34-13-20-18-9-5-3-7-16(18)17-8-4-6-10-19(17)20/h3-10,20-21H,11-15H2,1-2H3,(H,26,31)(H,29,30)/t21-,25?/m0/s1. The van der Waals surface area contributed by atoms with Crippen molar-refractivity contribution in [3.63, 3.8) is 0 Å². The van der Waals surface area contributed by atoms with Gasteiger partial charge in [0.1, 0.15) is 12.6 Å². The zero-order valence-electron chi connectivity index (χ0n) is 19.2. The average Bonchev–Trinajstić information content (AvgIpc) is 3.43. The van der Waals surface area contributed by atoms with Crippen molar-refractivity contribution in [1.29, 1.82) is 0 Å². The van der Waals surface area contributed by atoms with E-state index >= 15 is 0 Å². The molecule has 0 radical (unpaired) electrons. The van der Waals surface area contributed by atoms with Gasteiger partial charge in [-0.25, -0.2) is 9.59 Å². The Morgan fingerprint density at radius 3 is 2.24 bits per heavy atom. The van der Waals surface area contributed by atoms with Crippen LogP contribution in [0.3, 0.4) is 0 Å². The molecule has 1 fully saturated rings. The Hall–Kier alpha value is -3.43. The number of amides is 2. The van der Waals surface area contributed by atoms with Crippen molar-refractivity contribution in [2.45, 2.75) is 24.0 Å². The number of carbonyl (C=O) groups excluding carboxylic acids is 2. The van der Waals surface area contributed by atoms with Gasteiger partial charge in [-0.3, -0.25) is 4.79 Å². The molecular formula is C25H28N2O7. The van der Waals surface area contributed by atoms with E-state index in [0.717, 1.165) is 22.3 Å². The summed E-state index contributed by atoms with van der Waals surface area (Å²) < 4.78 is 15.8. The third-order valence-corrected chi connectivity index (χ3v) is 6.59. The first kappa shape index (κ1) is 23.7. The molecule has 4 rings (SSSR count). The van der Waals surface area contributed by atoms with Crippen molar-refractivity contribution in [2.75, 3.05) is 40.5 Å². The molecule has 9 nitrogen and oxygen atoms in total. The number of carboxylic acids is 1. The molecule has 1 aliphatic heterocycles. The summed E-state index contributed by atoms with van der Waals surface area (Å²) in [5, 5.41) is 12.1. The van der Waals surface area contributed by atoms with E-state index in [4.69, 9.17) is 14.2 Å². The predicted octanol–water partition coefficient (Wildman–Crippen LogP) is 2.24. The van der Waals surface area contributed by atoms with Crippen LogP contribution in [0.25, 0.3) is 11.1 Å². The molecule has 2 amide bonds. The van der Waals surface area contributed by atoms with Gasteiger partial charge in [-0.05, 0) is 22.3 Å². The second kappa shape index (κ2) is 9.82. The zero-order valence-corrected chi connectivity index (χ0v) is 19.2. The number of hydrogen-bond acceptors (Lipinski definition) is 6. The summed E-state index contributed by atoms with van der Waals surface area (Å²) in [6.07, 6.45) is -0.581. The Bertz CT molecular complexity index is 1040. The molecule has 2 atom stereocenters. The van der Waals surface area contributed by atoms with Gasteiger partial charge in [0.15, 0.2) is 5.60 Å². The van der Waals surface area contributed by atoms with E-state index in [1.54, 1.807) is 0 Å². The largest absolute Gasteiger partial charge is 0.479 e. The van der Waals surface area contributed by atoms with Crippen LogP contribution in [0.1, 0.15) is 23.5 Å². The maximum atomic E-state index is 13.0. The minimum atomic E-state index is -1.45. The molecule has 1 unspecified atom stereocenters. The Kier molecular flexibility index (Phi) is 6.85. The average molecular weight is 469 g/mol. The van der Waals surface area contributed by atoms with E-state index < -0.39 is 29.6 Å². The number of fused-ring (bicyclic) bond motifs is 3. The van der Waals surface area contributed by atoms with Crippen LogP contribution in [0.4, 0.5) is 4.79 Å². The second-order valence-electron chi connectivity index (χ2n) is 8.49. The molecule has 2 aliphatic rings. The lowest BCUT2D eigenvalue weighted by atomic mass is 9.98. The lowest BCUT2D eigenvalue weighted by Crippen LogP contribution is -2.52. The number of ether oxygens (including phenoxy) is 3. The summed E-state index contributed by atoms with van der Waals surface area (Å²) in [4.78, 5) is 38.6. The molecule has 2 aromatic carbocycles. The first-order valence-corrected chi connectivity index (χ1v) is 11.1. The summed E-state index contributed by atoms with van der Waals surface area (Å²) in [6, 6.07) is 15.0. The van der Waals surface area contributed by atoms with Crippen molar-refractivity contribution >= 4 is 18.0 Å². The molecule has 180 valence electrons. The number of carbonyl (C=O) groups is 3. The number of likely N-dealkylation sites (tertiary alicyclic amines) is 1. The second-order valence-corrected chi connectivity index (χ2v) is 8.49. The van der Waals surface area contributed by atoms with Crippen LogP contribution in [0.5, 0.6) is 0 Å². The monoisotopic (exact) mass is 468 g/mol. The molecule has 0 saturated carbocycles. The Balaban J connectivity index is 1.40. The van der Waals surface area contributed by atoms with Crippen LogP contribution in [-0.4, -0.2) is 80.1 Å². The topological polar surface area (TPSA) is 114 Å². The Morgan fingerprint density at radius 1 is 1.09 bits per heavy atom. The summed E-state index contributed by atoms with van der Waals surface area (Å²) >= 11 is 0. The third kappa shape index (κ3) is 4.36. The van der Waals surface area contributed by atoms with E-state index in [2.05, 4.69) is 17.4 Å². The van der Waals surface area contributed by atoms with Gasteiger partial charge in [-0.2, -0.15) is 0 Å². The highest BCUT2D eigenvalue weighted by molar-refractivity contribution is 5.88. The maximum Gasteiger partial charge on any atom is 0.407 e. The molecule has 0 aromatic heterocycles. The van der Waals surface area contributed by atoms with Crippen molar-refractivity contribution < 1.29 is 33.7 Å². The highest BCUT2D eigenvalue weighted by Gasteiger charge is 2.47. The van der Waals surface area contributed by atoms with Crippen LogP contribution in [0.2, 0.25) is 0 Å². The fraction of sp³-hybridized carbons (Fsp3) is 0.400. The molecule has 34 heavy (non-hydrogen) atoms. The Morgan fingerprint density at radius 2 is 1.71 bits per heavy atom. The number of rotatable bonds is 8. The number of nitrogens with zero attached hydrogens (tertiary/aromatic N) is 1. The van der Waals surface area contributed by atoms with E-state index in [-0.39, 0.29) is 38.6 Å². The molecule has 1 aliphatic carbocycles. The number of aliphatic carboxylic acids is 1. The molecular weight excluding hydrogens is 440 g/mol. The van der Waals surface area contributed by atoms with Gasteiger partial charge < -0.3 is 29.5 Å². The Labute approximate surface area is 197 Å². The molecule has 0 spiro atoms. The normalized spacial score (nSPS) is 19.9. The van der Waals surface area contributed by atoms with Gasteiger partial charge in [0, 0.05) is 33.1 Å². The predicted molar refractivity (Wildman–Crippen MR) is 122 cm³/mol. The summed E-state index contributed by atoms with van der Waals surface area (Å²) in [7, 11) is 2.73. The third-order valence-electron chi connectivity index (χ3n) is 6.59. The fourth-order valence-electron chi connectivity index (χ4n) is 4.74. The number of alkyl carbamates (subject to hydrolysis) is 1. The molecule has 0 bridgehead atoms. The summed E-state index contributed by atoms with van der Waals surface area (Å²) in [6.45, 7) is 0.131. The van der Waals surface area contributed by atoms with Crippen LogP contribution in [0.15, 0.2) is 48.5 Å². The van der Waals surface area contributed by atoms with Gasteiger partial charge in [-0.15, -0.1) is 0 Å². The van der Waals surface area contributed by atoms with Crippen LogP contribution in [-0.2, 0) is 23.8 Å². The molecule has 1 saturated heterocycles. The highest BCUT2D eigenvalue weighted by atomic mass is 16.5. The van der Waals surface area contributed by atoms with E-state index in [9.17, 15) is 19.5 Å². The molecule has 2 N–H and O–H groups in total. The number of benzene rings is 2. The van der Waals surface area contributed by atoms with Crippen LogP contribution < -0.4 is 5.32 Å². The molecule has 1 heterocycles. The lowest BCUT2D eigenvalue weighted by Gasteiger charge is -2.26. The molecule has 9 heteroatoms. The first-order chi connectivity index (χ1) is 16.4. The minimum Gasteiger partial charge on any atom is -0.479 e. The summed E-state index contributed by atoms with van der Waals surface area (Å²) in [5.41, 5.74) is 2.96. The van der Waals surface area contributed by atoms with Crippen molar-refractivity contribution in [1.82, 2.24) is 10.2 Å². The number of nitrogens with one attached hydrogen (secondary N) is 1. The van der Waals surface area contributed by atoms with Crippen LogP contribution >= 0.6 is 0 Å². The zero-order chi connectivity index (χ0) is 24.3. The van der Waals surface area contributed by atoms with Crippen molar-refractivity contribution in [2.24, 2.45) is 0 Å². The van der Waals surface area contributed by atoms with E-state index in [0.29, 0.717) is 0 Å². The number of hydrogen-bond donors (Lipinski definition) is 2. The van der Waals surface area contributed by atoms with Gasteiger partial charge >= 0.3 is 12.1 Å². The summed E-state index contributed by atoms with van der Waals surface area (Å²) in [5.74, 6) is -1.68. The smallest absolute Gasteiger partial charge is 0.407 e. The van der Waals surface area contributed by atoms with E-state index in [1.165, 1.54) is 19.1 Å². The quantitative estimate of drug-likeness (QED) is 0.611. The van der Waals surface area contributed by atoms with E-state index in [1.807, 2.05) is 36.4 Å². The molecule has 2 aromatic rings. The first-order valence-electron chi connectivity index (χ1n) is 11.1. The highest BCUT2D eigenvalue weighted by Crippen LogP contribution is 2.44. The lowest BCUT2D eigenvalue weighted by molar-refractivity contribution is -0.161. The minimum absolute atomic E-state index is 0.0768. The van der Waals surface area contributed by atoms with Gasteiger partial charge in [-0.1, -0.05) is 48.5 Å². The maximum absolute atomic E-state index is 13.0. The SMILES string of the molecule is COC[C@H](NC(=O)OCC1c2ccccc2-c2ccccc21)C(=O)N1CCC(OC)(C(=O)O)C1.